The van der Waals surface area contributed by atoms with Gasteiger partial charge >= 0.3 is 0 Å². The number of benzene rings is 1. The summed E-state index contributed by atoms with van der Waals surface area (Å²) in [5.74, 6) is 0.0143. The normalized spacial score (nSPS) is 10.3. The summed E-state index contributed by atoms with van der Waals surface area (Å²) in [5.41, 5.74) is 0.426. The second kappa shape index (κ2) is 4.08. The fourth-order valence-electron chi connectivity index (χ4n) is 1.11. The number of halogens is 3. The number of aromatic amines is 1. The second-order valence-electron chi connectivity index (χ2n) is 2.81. The molecule has 0 aliphatic rings. The van der Waals surface area contributed by atoms with Crippen LogP contribution in [0.3, 0.4) is 0 Å². The molecule has 0 bridgehead atoms. The number of nitrogens with zero attached hydrogens (tertiary/aromatic N) is 1. The largest absolute Gasteiger partial charge is 0.331 e. The Balaban J connectivity index is 2.36. The van der Waals surface area contributed by atoms with Crippen molar-refractivity contribution in [1.82, 2.24) is 9.97 Å². The van der Waals surface area contributed by atoms with Gasteiger partial charge in [-0.15, -0.1) is 0 Å². The first-order chi connectivity index (χ1) is 7.16. The molecule has 6 heteroatoms. The number of hydrogen-bond acceptors (Lipinski definition) is 2. The summed E-state index contributed by atoms with van der Waals surface area (Å²) in [5, 5.41) is 3.26. The highest BCUT2D eigenvalue weighted by Gasteiger charge is 2.09. The maximum Gasteiger partial charge on any atom is 0.204 e. The lowest BCUT2D eigenvalue weighted by Gasteiger charge is -2.07. The third-order valence-corrected chi connectivity index (χ3v) is 2.34. The van der Waals surface area contributed by atoms with Gasteiger partial charge in [0, 0.05) is 12.4 Å². The Morgan fingerprint density at radius 2 is 1.93 bits per heavy atom. The van der Waals surface area contributed by atoms with Crippen molar-refractivity contribution in [3.63, 3.8) is 0 Å². The lowest BCUT2D eigenvalue weighted by Crippen LogP contribution is -1.94. The molecule has 0 unspecified atom stereocenters. The minimum atomic E-state index is -0.477. The van der Waals surface area contributed by atoms with Gasteiger partial charge in [-0.05, 0) is 12.1 Å². The zero-order valence-electron chi connectivity index (χ0n) is 7.39. The Hall–Kier alpha value is -1.26. The lowest BCUT2D eigenvalue weighted by atomic mass is 10.3. The highest BCUT2D eigenvalue weighted by Crippen LogP contribution is 2.32. The third-order valence-electron chi connectivity index (χ3n) is 1.75. The van der Waals surface area contributed by atoms with Crippen molar-refractivity contribution in [3.8, 4) is 0 Å². The summed E-state index contributed by atoms with van der Waals surface area (Å²) in [6.07, 6.45) is 3.22. The van der Waals surface area contributed by atoms with Gasteiger partial charge in [-0.1, -0.05) is 23.2 Å². The van der Waals surface area contributed by atoms with Gasteiger partial charge in [0.05, 0.1) is 15.7 Å². The van der Waals surface area contributed by atoms with E-state index in [9.17, 15) is 4.39 Å². The van der Waals surface area contributed by atoms with Gasteiger partial charge in [-0.3, -0.25) is 0 Å². The first-order valence-electron chi connectivity index (χ1n) is 4.08. The quantitative estimate of drug-likeness (QED) is 0.849. The van der Waals surface area contributed by atoms with Crippen LogP contribution >= 0.6 is 23.2 Å². The average molecular weight is 246 g/mol. The molecule has 0 aliphatic carbocycles. The van der Waals surface area contributed by atoms with Crippen LogP contribution in [0.25, 0.3) is 0 Å². The Morgan fingerprint density at radius 1 is 1.27 bits per heavy atom. The van der Waals surface area contributed by atoms with E-state index in [-0.39, 0.29) is 10.0 Å². The number of hydrogen-bond donors (Lipinski definition) is 2. The third kappa shape index (κ3) is 2.22. The predicted octanol–water partition coefficient (Wildman–Crippen LogP) is 3.60. The molecule has 1 heterocycles. The summed E-state index contributed by atoms with van der Waals surface area (Å²) in [6.45, 7) is 0. The van der Waals surface area contributed by atoms with Crippen molar-refractivity contribution < 1.29 is 4.39 Å². The topological polar surface area (TPSA) is 40.7 Å². The molecular formula is C9H6Cl2FN3. The number of anilines is 2. The Kier molecular flexibility index (Phi) is 2.79. The van der Waals surface area contributed by atoms with Crippen molar-refractivity contribution in [2.45, 2.75) is 0 Å². The molecule has 0 spiro atoms. The molecule has 1 aromatic carbocycles. The standard InChI is InChI=1S/C9H6Cl2FN3/c10-6-3-5(12)4-7(11)8(6)15-9-13-1-2-14-9/h1-4H,(H2,13,14,15). The molecule has 1 aromatic heterocycles. The number of H-pyrrole nitrogens is 1. The van der Waals surface area contributed by atoms with E-state index >= 15 is 0 Å². The van der Waals surface area contributed by atoms with E-state index in [1.165, 1.54) is 12.1 Å². The van der Waals surface area contributed by atoms with E-state index in [1.807, 2.05) is 0 Å². The van der Waals surface area contributed by atoms with Gasteiger partial charge in [-0.2, -0.15) is 0 Å². The molecule has 0 saturated heterocycles. The number of nitrogens with one attached hydrogen (secondary N) is 2. The Morgan fingerprint density at radius 3 is 2.47 bits per heavy atom. The number of aromatic nitrogens is 2. The molecule has 2 aromatic rings. The average Bonchev–Trinajstić information content (AvgIpc) is 2.63. The summed E-state index contributed by atoms with van der Waals surface area (Å²) < 4.78 is 12.9. The molecule has 78 valence electrons. The molecule has 0 aliphatic heterocycles. The van der Waals surface area contributed by atoms with Crippen LogP contribution in [-0.2, 0) is 0 Å². The SMILES string of the molecule is Fc1cc(Cl)c(Nc2ncc[nH]2)c(Cl)c1. The highest BCUT2D eigenvalue weighted by atomic mass is 35.5. The molecule has 0 fully saturated rings. The molecule has 2 rings (SSSR count). The summed E-state index contributed by atoms with van der Waals surface area (Å²) >= 11 is 11.6. The summed E-state index contributed by atoms with van der Waals surface area (Å²) in [7, 11) is 0. The van der Waals surface area contributed by atoms with Gasteiger partial charge < -0.3 is 10.3 Å². The van der Waals surface area contributed by atoms with Crippen molar-refractivity contribution in [3.05, 3.63) is 40.4 Å². The zero-order valence-corrected chi connectivity index (χ0v) is 8.90. The van der Waals surface area contributed by atoms with Crippen LogP contribution in [0.2, 0.25) is 10.0 Å². The van der Waals surface area contributed by atoms with E-state index in [2.05, 4.69) is 15.3 Å². The number of imidazole rings is 1. The van der Waals surface area contributed by atoms with Crippen molar-refractivity contribution in [1.29, 1.82) is 0 Å². The van der Waals surface area contributed by atoms with E-state index < -0.39 is 5.82 Å². The van der Waals surface area contributed by atoms with E-state index in [4.69, 9.17) is 23.2 Å². The first kappa shape index (κ1) is 10.3. The van der Waals surface area contributed by atoms with Crippen molar-refractivity contribution in [2.24, 2.45) is 0 Å². The van der Waals surface area contributed by atoms with Gasteiger partial charge in [-0.25, -0.2) is 9.37 Å². The molecule has 0 saturated carbocycles. The van der Waals surface area contributed by atoms with Crippen LogP contribution in [0, 0.1) is 5.82 Å². The Labute approximate surface area is 95.2 Å². The molecular weight excluding hydrogens is 240 g/mol. The zero-order chi connectivity index (χ0) is 10.8. The maximum absolute atomic E-state index is 12.9. The molecule has 0 amide bonds. The van der Waals surface area contributed by atoms with Gasteiger partial charge in [0.15, 0.2) is 0 Å². The molecule has 15 heavy (non-hydrogen) atoms. The lowest BCUT2D eigenvalue weighted by molar-refractivity contribution is 0.628. The van der Waals surface area contributed by atoms with Gasteiger partial charge in [0.25, 0.3) is 0 Å². The van der Waals surface area contributed by atoms with Crippen LogP contribution in [0.1, 0.15) is 0 Å². The molecule has 3 nitrogen and oxygen atoms in total. The monoisotopic (exact) mass is 245 g/mol. The predicted molar refractivity (Wildman–Crippen MR) is 58.3 cm³/mol. The summed E-state index contributed by atoms with van der Waals surface area (Å²) in [6, 6.07) is 2.36. The van der Waals surface area contributed by atoms with E-state index in [0.717, 1.165) is 0 Å². The maximum atomic E-state index is 12.9. The molecule has 0 atom stereocenters. The second-order valence-corrected chi connectivity index (χ2v) is 3.62. The minimum Gasteiger partial charge on any atom is -0.331 e. The van der Waals surface area contributed by atoms with Gasteiger partial charge in [0.1, 0.15) is 5.82 Å². The van der Waals surface area contributed by atoms with Crippen LogP contribution in [0.5, 0.6) is 0 Å². The van der Waals surface area contributed by atoms with E-state index in [0.29, 0.717) is 11.6 Å². The molecule has 2 N–H and O–H groups in total. The molecule has 0 radical (unpaired) electrons. The fraction of sp³-hybridized carbons (Fsp3) is 0. The highest BCUT2D eigenvalue weighted by molar-refractivity contribution is 6.39. The minimum absolute atomic E-state index is 0.205. The van der Waals surface area contributed by atoms with Crippen molar-refractivity contribution >= 4 is 34.8 Å². The Bertz CT molecular complexity index is 447. The fourth-order valence-corrected chi connectivity index (χ4v) is 1.67. The smallest absolute Gasteiger partial charge is 0.204 e. The first-order valence-corrected chi connectivity index (χ1v) is 4.83. The van der Waals surface area contributed by atoms with Crippen molar-refractivity contribution in [2.75, 3.05) is 5.32 Å². The van der Waals surface area contributed by atoms with Crippen LogP contribution in [-0.4, -0.2) is 9.97 Å². The summed E-state index contributed by atoms with van der Waals surface area (Å²) in [4.78, 5) is 6.76. The van der Waals surface area contributed by atoms with Crippen LogP contribution < -0.4 is 5.32 Å². The number of rotatable bonds is 2. The van der Waals surface area contributed by atoms with Gasteiger partial charge in [0.2, 0.25) is 5.95 Å². The van der Waals surface area contributed by atoms with Crippen LogP contribution in [0.4, 0.5) is 16.0 Å². The van der Waals surface area contributed by atoms with E-state index in [1.54, 1.807) is 12.4 Å². The van der Waals surface area contributed by atoms with Crippen LogP contribution in [0.15, 0.2) is 24.5 Å².